The molecule has 0 spiro atoms. The van der Waals surface area contributed by atoms with Gasteiger partial charge in [-0.3, -0.25) is 4.79 Å². The van der Waals surface area contributed by atoms with Crippen LogP contribution < -0.4 is 0 Å². The molecule has 0 N–H and O–H groups in total. The highest BCUT2D eigenvalue weighted by Crippen LogP contribution is 2.64. The number of methoxy groups -OCH3 is 2. The van der Waals surface area contributed by atoms with Crippen LogP contribution in [0.15, 0.2) is 12.2 Å². The van der Waals surface area contributed by atoms with Crippen molar-refractivity contribution in [2.75, 3.05) is 14.2 Å². The minimum atomic E-state index is -0.387. The Morgan fingerprint density at radius 2 is 1.92 bits per heavy atom. The number of hydrogen-bond donors (Lipinski definition) is 0. The van der Waals surface area contributed by atoms with Crippen molar-refractivity contribution in [3.8, 4) is 0 Å². The number of allylic oxidation sites excluding steroid dienone is 1. The first kappa shape index (κ1) is 17.7. The molecule has 0 saturated heterocycles. The van der Waals surface area contributed by atoms with E-state index in [-0.39, 0.29) is 11.2 Å². The fourth-order valence-corrected chi connectivity index (χ4v) is 7.49. The van der Waals surface area contributed by atoms with Crippen molar-refractivity contribution in [3.05, 3.63) is 12.2 Å². The van der Waals surface area contributed by atoms with Gasteiger partial charge in [-0.15, -0.1) is 0 Å². The summed E-state index contributed by atoms with van der Waals surface area (Å²) in [6.45, 7) is 9.18. The zero-order chi connectivity index (χ0) is 18.0. The van der Waals surface area contributed by atoms with E-state index in [0.29, 0.717) is 41.3 Å². The van der Waals surface area contributed by atoms with Crippen molar-refractivity contribution in [3.63, 3.8) is 0 Å². The average Bonchev–Trinajstić information content (AvgIpc) is 2.88. The van der Waals surface area contributed by atoms with E-state index in [4.69, 9.17) is 9.47 Å². The van der Waals surface area contributed by atoms with E-state index < -0.39 is 0 Å². The molecule has 0 radical (unpaired) electrons. The lowest BCUT2D eigenvalue weighted by Gasteiger charge is -2.59. The van der Waals surface area contributed by atoms with Crippen molar-refractivity contribution in [1.29, 1.82) is 0 Å². The van der Waals surface area contributed by atoms with Gasteiger partial charge in [-0.25, -0.2) is 0 Å². The average molecular weight is 347 g/mol. The Hall–Kier alpha value is -0.670. The third kappa shape index (κ3) is 2.41. The molecule has 4 fully saturated rings. The van der Waals surface area contributed by atoms with Crippen molar-refractivity contribution in [1.82, 2.24) is 0 Å². The van der Waals surface area contributed by atoms with Gasteiger partial charge in [-0.1, -0.05) is 26.0 Å². The standard InChI is InChI=1S/C22H34O3/c1-13-10-15-12-22(24-4,25-5)9-8-16(15)19-14(2)11-21(3)17(20(13)19)6-7-18(21)23/h13,15-17,19-20H,2,6-12H2,1,3-5H3/t13?,15?,16?,17?,19?,20?,21-/m0/s1. The minimum Gasteiger partial charge on any atom is -0.353 e. The maximum atomic E-state index is 12.6. The summed E-state index contributed by atoms with van der Waals surface area (Å²) in [5.41, 5.74) is 1.24. The van der Waals surface area contributed by atoms with Crippen LogP contribution in [-0.2, 0) is 14.3 Å². The molecule has 7 atom stereocenters. The minimum absolute atomic E-state index is 0.128. The smallest absolute Gasteiger partial charge is 0.167 e. The number of ketones is 1. The summed E-state index contributed by atoms with van der Waals surface area (Å²) in [5, 5.41) is 0. The molecule has 0 aliphatic heterocycles. The first-order valence-corrected chi connectivity index (χ1v) is 10.2. The van der Waals surface area contributed by atoms with Gasteiger partial charge in [0.05, 0.1) is 0 Å². The summed E-state index contributed by atoms with van der Waals surface area (Å²) < 4.78 is 11.6. The number of rotatable bonds is 2. The van der Waals surface area contributed by atoms with Crippen LogP contribution in [0, 0.1) is 40.9 Å². The quantitative estimate of drug-likeness (QED) is 0.541. The Labute approximate surface area is 152 Å². The first-order valence-electron chi connectivity index (χ1n) is 10.2. The highest BCUT2D eigenvalue weighted by atomic mass is 16.7. The van der Waals surface area contributed by atoms with Crippen LogP contribution in [0.1, 0.15) is 58.8 Å². The summed E-state index contributed by atoms with van der Waals surface area (Å²) in [4.78, 5) is 12.6. The third-order valence-corrected chi connectivity index (χ3v) is 8.66. The van der Waals surface area contributed by atoms with Gasteiger partial charge in [0.1, 0.15) is 5.78 Å². The van der Waals surface area contributed by atoms with E-state index in [0.717, 1.165) is 38.5 Å². The predicted molar refractivity (Wildman–Crippen MR) is 97.9 cm³/mol. The summed E-state index contributed by atoms with van der Waals surface area (Å²) in [6.07, 6.45) is 7.21. The van der Waals surface area contributed by atoms with Crippen LogP contribution in [0.4, 0.5) is 0 Å². The van der Waals surface area contributed by atoms with E-state index in [1.54, 1.807) is 14.2 Å². The Balaban J connectivity index is 1.65. The SMILES string of the molecule is C=C1C[C@]2(C)C(=O)CCC2C2C(C)CC3CC(OC)(OC)CCC3C12. The van der Waals surface area contributed by atoms with Crippen LogP contribution in [-0.4, -0.2) is 25.8 Å². The molecular weight excluding hydrogens is 312 g/mol. The molecule has 0 aromatic carbocycles. The monoisotopic (exact) mass is 346 g/mol. The number of carbonyl (C=O) groups excluding carboxylic acids is 1. The van der Waals surface area contributed by atoms with Crippen LogP contribution in [0.25, 0.3) is 0 Å². The molecule has 0 amide bonds. The van der Waals surface area contributed by atoms with Gasteiger partial charge in [-0.2, -0.15) is 0 Å². The van der Waals surface area contributed by atoms with Crippen molar-refractivity contribution >= 4 is 5.78 Å². The van der Waals surface area contributed by atoms with Gasteiger partial charge in [0, 0.05) is 38.9 Å². The third-order valence-electron chi connectivity index (χ3n) is 8.66. The topological polar surface area (TPSA) is 35.5 Å². The second-order valence-corrected chi connectivity index (χ2v) is 9.62. The van der Waals surface area contributed by atoms with Crippen molar-refractivity contribution in [2.45, 2.75) is 64.6 Å². The zero-order valence-electron chi connectivity index (χ0n) is 16.3. The molecule has 6 unspecified atom stereocenters. The Morgan fingerprint density at radius 3 is 2.60 bits per heavy atom. The van der Waals surface area contributed by atoms with Crippen molar-refractivity contribution < 1.29 is 14.3 Å². The van der Waals surface area contributed by atoms with Crippen LogP contribution in [0.5, 0.6) is 0 Å². The molecule has 4 saturated carbocycles. The normalized spacial score (nSPS) is 48.6. The van der Waals surface area contributed by atoms with Gasteiger partial charge >= 0.3 is 0 Å². The molecule has 0 aromatic heterocycles. The summed E-state index contributed by atoms with van der Waals surface area (Å²) in [5.74, 6) is 3.94. The molecule has 0 aromatic rings. The van der Waals surface area contributed by atoms with Gasteiger partial charge in [0.15, 0.2) is 5.79 Å². The molecule has 4 aliphatic rings. The molecule has 3 heteroatoms. The van der Waals surface area contributed by atoms with E-state index in [2.05, 4.69) is 20.4 Å². The second-order valence-electron chi connectivity index (χ2n) is 9.62. The molecule has 0 heterocycles. The molecule has 3 nitrogen and oxygen atoms in total. The maximum Gasteiger partial charge on any atom is 0.167 e. The predicted octanol–water partition coefficient (Wildman–Crippen LogP) is 4.61. The number of Topliss-reactive ketones (excluding diaryl/α,β-unsaturated/α-hetero) is 1. The molecule has 140 valence electrons. The molecular formula is C22H34O3. The van der Waals surface area contributed by atoms with E-state index in [1.165, 1.54) is 12.0 Å². The largest absolute Gasteiger partial charge is 0.353 e. The van der Waals surface area contributed by atoms with Crippen LogP contribution in [0.3, 0.4) is 0 Å². The fraction of sp³-hybridized carbons (Fsp3) is 0.864. The molecule has 25 heavy (non-hydrogen) atoms. The van der Waals surface area contributed by atoms with Crippen LogP contribution in [0.2, 0.25) is 0 Å². The highest BCUT2D eigenvalue weighted by molar-refractivity contribution is 5.87. The van der Waals surface area contributed by atoms with Gasteiger partial charge in [0.2, 0.25) is 0 Å². The van der Waals surface area contributed by atoms with Crippen molar-refractivity contribution in [2.24, 2.45) is 40.9 Å². The zero-order valence-corrected chi connectivity index (χ0v) is 16.3. The van der Waals surface area contributed by atoms with E-state index >= 15 is 0 Å². The molecule has 4 aliphatic carbocycles. The lowest BCUT2D eigenvalue weighted by molar-refractivity contribution is -0.247. The van der Waals surface area contributed by atoms with E-state index in [1.807, 2.05) is 0 Å². The van der Waals surface area contributed by atoms with Gasteiger partial charge in [-0.05, 0) is 61.2 Å². The Bertz CT molecular complexity index is 578. The summed E-state index contributed by atoms with van der Waals surface area (Å²) >= 11 is 0. The fourth-order valence-electron chi connectivity index (χ4n) is 7.49. The number of ether oxygens (including phenoxy) is 2. The Kier molecular flexibility index (Phi) is 4.20. The lowest BCUT2D eigenvalue weighted by atomic mass is 9.47. The molecule has 4 rings (SSSR count). The summed E-state index contributed by atoms with van der Waals surface area (Å²) in [6, 6.07) is 0. The molecule has 0 bridgehead atoms. The van der Waals surface area contributed by atoms with Gasteiger partial charge in [0.25, 0.3) is 0 Å². The van der Waals surface area contributed by atoms with E-state index in [9.17, 15) is 4.79 Å². The number of fused-ring (bicyclic) bond motifs is 5. The summed E-state index contributed by atoms with van der Waals surface area (Å²) in [7, 11) is 3.57. The number of hydrogen-bond acceptors (Lipinski definition) is 3. The maximum absolute atomic E-state index is 12.6. The lowest BCUT2D eigenvalue weighted by Crippen LogP contribution is -2.54. The van der Waals surface area contributed by atoms with Crippen LogP contribution >= 0.6 is 0 Å². The second kappa shape index (κ2) is 5.92. The highest BCUT2D eigenvalue weighted by Gasteiger charge is 2.60. The first-order chi connectivity index (χ1) is 11.8. The Morgan fingerprint density at radius 1 is 1.20 bits per heavy atom. The van der Waals surface area contributed by atoms with Gasteiger partial charge < -0.3 is 9.47 Å². The number of carbonyl (C=O) groups is 1.